The zero-order valence-corrected chi connectivity index (χ0v) is 13.4. The first-order valence-electron chi connectivity index (χ1n) is 7.57. The molecule has 3 N–H and O–H groups in total. The van der Waals surface area contributed by atoms with E-state index in [0.29, 0.717) is 22.8 Å². The van der Waals surface area contributed by atoms with Crippen LogP contribution in [0.15, 0.2) is 0 Å². The van der Waals surface area contributed by atoms with Crippen molar-refractivity contribution in [3.05, 3.63) is 4.88 Å². The molecule has 21 heavy (non-hydrogen) atoms. The van der Waals surface area contributed by atoms with E-state index < -0.39 is 0 Å². The molecule has 0 spiro atoms. The number of anilines is 2. The summed E-state index contributed by atoms with van der Waals surface area (Å²) in [7, 11) is 2.09. The maximum atomic E-state index is 12.6. The van der Waals surface area contributed by atoms with Gasteiger partial charge < -0.3 is 20.9 Å². The maximum absolute atomic E-state index is 12.6. The van der Waals surface area contributed by atoms with E-state index in [2.05, 4.69) is 29.2 Å². The number of nitrogens with zero attached hydrogens (tertiary/aromatic N) is 3. The largest absolute Gasteiger partial charge is 0.382 e. The molecular formula is C14H23N5OS. The lowest BCUT2D eigenvalue weighted by Crippen LogP contribution is -2.51. The summed E-state index contributed by atoms with van der Waals surface area (Å²) < 4.78 is 0. The van der Waals surface area contributed by atoms with Crippen LogP contribution in [0.5, 0.6) is 0 Å². The number of nitrogens with two attached hydrogens (primary N) is 1. The standard InChI is InChI=1S/C14H23N5OS/c1-9-8-19(7-6-18(9)2)13(20)11-12(15)17-14(21-11)16-10-4-3-5-10/h9-10H,3-8,15H2,1-2H3,(H,16,17). The van der Waals surface area contributed by atoms with Crippen molar-refractivity contribution in [2.24, 2.45) is 0 Å². The van der Waals surface area contributed by atoms with Gasteiger partial charge in [-0.3, -0.25) is 4.79 Å². The number of carbonyl (C=O) groups excluding carboxylic acids is 1. The quantitative estimate of drug-likeness (QED) is 0.884. The minimum Gasteiger partial charge on any atom is -0.382 e. The van der Waals surface area contributed by atoms with Gasteiger partial charge in [-0.25, -0.2) is 4.98 Å². The molecule has 6 nitrogen and oxygen atoms in total. The van der Waals surface area contributed by atoms with Gasteiger partial charge in [0, 0.05) is 31.7 Å². The molecule has 1 aromatic rings. The van der Waals surface area contributed by atoms with Crippen LogP contribution >= 0.6 is 11.3 Å². The molecule has 2 heterocycles. The summed E-state index contributed by atoms with van der Waals surface area (Å²) >= 11 is 1.39. The maximum Gasteiger partial charge on any atom is 0.267 e. The molecule has 3 rings (SSSR count). The minimum absolute atomic E-state index is 0.0200. The minimum atomic E-state index is 0.0200. The Balaban J connectivity index is 1.69. The van der Waals surface area contributed by atoms with Crippen molar-refractivity contribution in [3.8, 4) is 0 Å². The van der Waals surface area contributed by atoms with Crippen molar-refractivity contribution in [1.82, 2.24) is 14.8 Å². The summed E-state index contributed by atoms with van der Waals surface area (Å²) in [5.41, 5.74) is 5.95. The molecular weight excluding hydrogens is 286 g/mol. The van der Waals surface area contributed by atoms with Crippen LogP contribution < -0.4 is 11.1 Å². The van der Waals surface area contributed by atoms with Crippen LogP contribution in [-0.4, -0.2) is 59.5 Å². The van der Waals surface area contributed by atoms with Crippen molar-refractivity contribution in [2.75, 3.05) is 37.7 Å². The average Bonchev–Trinajstić information content (AvgIpc) is 2.77. The second-order valence-corrected chi connectivity index (χ2v) is 7.09. The molecule has 1 atom stereocenters. The topological polar surface area (TPSA) is 74.5 Å². The lowest BCUT2D eigenvalue weighted by atomic mass is 9.93. The molecule has 0 aromatic carbocycles. The molecule has 116 valence electrons. The second kappa shape index (κ2) is 5.81. The van der Waals surface area contributed by atoms with Gasteiger partial charge in [-0.15, -0.1) is 0 Å². The van der Waals surface area contributed by atoms with Crippen molar-refractivity contribution in [3.63, 3.8) is 0 Å². The first-order valence-corrected chi connectivity index (χ1v) is 8.38. The summed E-state index contributed by atoms with van der Waals surface area (Å²) in [5.74, 6) is 0.380. The predicted octanol–water partition coefficient (Wildman–Crippen LogP) is 1.47. The Labute approximate surface area is 129 Å². The fraction of sp³-hybridized carbons (Fsp3) is 0.714. The highest BCUT2D eigenvalue weighted by Gasteiger charge is 2.28. The van der Waals surface area contributed by atoms with E-state index >= 15 is 0 Å². The van der Waals surface area contributed by atoms with Gasteiger partial charge in [0.25, 0.3) is 5.91 Å². The van der Waals surface area contributed by atoms with Gasteiger partial charge >= 0.3 is 0 Å². The third kappa shape index (κ3) is 2.98. The zero-order chi connectivity index (χ0) is 15.0. The number of nitrogen functional groups attached to an aromatic ring is 1. The van der Waals surface area contributed by atoms with E-state index in [0.717, 1.165) is 24.8 Å². The highest BCUT2D eigenvalue weighted by molar-refractivity contribution is 7.18. The number of amides is 1. The molecule has 0 radical (unpaired) electrons. The number of likely N-dealkylation sites (N-methyl/N-ethyl adjacent to an activating group) is 1. The van der Waals surface area contributed by atoms with Crippen LogP contribution in [0.4, 0.5) is 10.9 Å². The summed E-state index contributed by atoms with van der Waals surface area (Å²) in [6, 6.07) is 0.881. The summed E-state index contributed by atoms with van der Waals surface area (Å²) in [4.78, 5) is 21.7. The lowest BCUT2D eigenvalue weighted by molar-refractivity contribution is 0.0578. The summed E-state index contributed by atoms with van der Waals surface area (Å²) in [6.45, 7) is 4.54. The van der Waals surface area contributed by atoms with E-state index in [1.165, 1.54) is 30.6 Å². The number of hydrogen-bond acceptors (Lipinski definition) is 6. The van der Waals surface area contributed by atoms with Crippen molar-refractivity contribution < 1.29 is 4.79 Å². The Kier molecular flexibility index (Phi) is 4.03. The predicted molar refractivity (Wildman–Crippen MR) is 85.8 cm³/mol. The molecule has 1 aromatic heterocycles. The van der Waals surface area contributed by atoms with Crippen LogP contribution in [0.2, 0.25) is 0 Å². The zero-order valence-electron chi connectivity index (χ0n) is 12.6. The van der Waals surface area contributed by atoms with Gasteiger partial charge in [0.15, 0.2) is 5.13 Å². The number of aromatic nitrogens is 1. The van der Waals surface area contributed by atoms with Crippen molar-refractivity contribution in [2.45, 2.75) is 38.3 Å². The average molecular weight is 309 g/mol. The number of nitrogens with one attached hydrogen (secondary N) is 1. The number of carbonyl (C=O) groups is 1. The number of piperazine rings is 1. The van der Waals surface area contributed by atoms with E-state index in [9.17, 15) is 4.79 Å². The molecule has 1 saturated heterocycles. The van der Waals surface area contributed by atoms with Gasteiger partial charge in [0.1, 0.15) is 10.7 Å². The molecule has 0 bridgehead atoms. The molecule has 1 aliphatic heterocycles. The monoisotopic (exact) mass is 309 g/mol. The van der Waals surface area contributed by atoms with E-state index in [1.54, 1.807) is 0 Å². The van der Waals surface area contributed by atoms with Crippen LogP contribution in [0.25, 0.3) is 0 Å². The van der Waals surface area contributed by atoms with E-state index in [1.807, 2.05) is 4.90 Å². The first kappa shape index (κ1) is 14.6. The van der Waals surface area contributed by atoms with Gasteiger partial charge in [-0.1, -0.05) is 11.3 Å². The highest BCUT2D eigenvalue weighted by atomic mass is 32.1. The number of hydrogen-bond donors (Lipinski definition) is 2. The van der Waals surface area contributed by atoms with Gasteiger partial charge in [-0.05, 0) is 33.2 Å². The highest BCUT2D eigenvalue weighted by Crippen LogP contribution is 2.30. The molecule has 1 amide bonds. The van der Waals surface area contributed by atoms with Crippen LogP contribution in [-0.2, 0) is 0 Å². The molecule has 1 unspecified atom stereocenters. The lowest BCUT2D eigenvalue weighted by Gasteiger charge is -2.37. The Morgan fingerprint density at radius 3 is 2.81 bits per heavy atom. The summed E-state index contributed by atoms with van der Waals surface area (Å²) in [5, 5.41) is 4.14. The summed E-state index contributed by atoms with van der Waals surface area (Å²) in [6.07, 6.45) is 3.63. The van der Waals surface area contributed by atoms with Crippen molar-refractivity contribution >= 4 is 28.2 Å². The van der Waals surface area contributed by atoms with Crippen LogP contribution in [0.3, 0.4) is 0 Å². The molecule has 2 aliphatic rings. The van der Waals surface area contributed by atoms with E-state index in [4.69, 9.17) is 5.73 Å². The Morgan fingerprint density at radius 2 is 2.19 bits per heavy atom. The smallest absolute Gasteiger partial charge is 0.267 e. The third-order valence-electron chi connectivity index (χ3n) is 4.53. The molecule has 1 aliphatic carbocycles. The number of rotatable bonds is 3. The number of thiazole rings is 1. The fourth-order valence-corrected chi connectivity index (χ4v) is 3.58. The molecule has 2 fully saturated rings. The Morgan fingerprint density at radius 1 is 1.43 bits per heavy atom. The van der Waals surface area contributed by atoms with Gasteiger partial charge in [0.05, 0.1) is 0 Å². The van der Waals surface area contributed by atoms with Crippen molar-refractivity contribution in [1.29, 1.82) is 0 Å². The first-order chi connectivity index (χ1) is 10.0. The van der Waals surface area contributed by atoms with Gasteiger partial charge in [-0.2, -0.15) is 0 Å². The van der Waals surface area contributed by atoms with E-state index in [-0.39, 0.29) is 5.91 Å². The Hall–Kier alpha value is -1.34. The normalized spacial score (nSPS) is 23.9. The third-order valence-corrected chi connectivity index (χ3v) is 5.52. The SMILES string of the molecule is CC1CN(C(=O)c2sc(NC3CCC3)nc2N)CCN1C. The van der Waals surface area contributed by atoms with Crippen LogP contribution in [0.1, 0.15) is 35.9 Å². The van der Waals surface area contributed by atoms with Crippen LogP contribution in [0, 0.1) is 0 Å². The molecule has 1 saturated carbocycles. The molecule has 7 heteroatoms. The van der Waals surface area contributed by atoms with Gasteiger partial charge in [0.2, 0.25) is 0 Å². The fourth-order valence-electron chi connectivity index (χ4n) is 2.65. The second-order valence-electron chi connectivity index (χ2n) is 6.09. The Bertz CT molecular complexity index is 527.